The second-order valence-corrected chi connectivity index (χ2v) is 8.24. The number of methoxy groups -OCH3 is 1. The molecule has 0 bridgehead atoms. The molecule has 0 fully saturated rings. The number of nitrogens with one attached hydrogen (secondary N) is 1. The average Bonchev–Trinajstić information content (AvgIpc) is 2.72. The van der Waals surface area contributed by atoms with Gasteiger partial charge in [-0.25, -0.2) is 13.6 Å². The standard InChI is InChI=1S/C21H29N3O4S/c1-4-24(5-2)17(13-16-9-7-6-8-10-16)15-23-21(25)19-14-18(29(22,26)27)11-12-20(19)28-3/h6-12,14,17H,4-5,13,15H2,1-3H3,(H,23,25)(H2,22,26,27). The van der Waals surface area contributed by atoms with Crippen molar-refractivity contribution < 1.29 is 17.9 Å². The van der Waals surface area contributed by atoms with Gasteiger partial charge < -0.3 is 10.1 Å². The maximum Gasteiger partial charge on any atom is 0.255 e. The molecule has 1 unspecified atom stereocenters. The number of carbonyl (C=O) groups is 1. The molecule has 2 rings (SSSR count). The van der Waals surface area contributed by atoms with E-state index in [0.29, 0.717) is 6.54 Å². The van der Waals surface area contributed by atoms with Crippen LogP contribution in [0.5, 0.6) is 5.75 Å². The summed E-state index contributed by atoms with van der Waals surface area (Å²) in [5, 5.41) is 8.12. The number of hydrogen-bond acceptors (Lipinski definition) is 5. The highest BCUT2D eigenvalue weighted by Crippen LogP contribution is 2.22. The van der Waals surface area contributed by atoms with Gasteiger partial charge in [0, 0.05) is 12.6 Å². The number of ether oxygens (including phenoxy) is 1. The Morgan fingerprint density at radius 3 is 2.34 bits per heavy atom. The number of nitrogens with two attached hydrogens (primary N) is 1. The van der Waals surface area contributed by atoms with E-state index in [1.807, 2.05) is 18.2 Å². The molecule has 2 aromatic rings. The van der Waals surface area contributed by atoms with Crippen molar-refractivity contribution in [2.75, 3.05) is 26.7 Å². The number of carbonyl (C=O) groups excluding carboxylic acids is 1. The molecule has 29 heavy (non-hydrogen) atoms. The predicted octanol–water partition coefficient (Wildman–Crippen LogP) is 2.03. The molecular formula is C21H29N3O4S. The maximum atomic E-state index is 12.8. The molecule has 0 saturated heterocycles. The van der Waals surface area contributed by atoms with Crippen molar-refractivity contribution in [3.63, 3.8) is 0 Å². The van der Waals surface area contributed by atoms with Gasteiger partial charge in [-0.05, 0) is 43.3 Å². The van der Waals surface area contributed by atoms with E-state index in [4.69, 9.17) is 9.88 Å². The van der Waals surface area contributed by atoms with Crippen LogP contribution in [0.3, 0.4) is 0 Å². The zero-order valence-corrected chi connectivity index (χ0v) is 17.9. The highest BCUT2D eigenvalue weighted by Gasteiger charge is 2.21. The van der Waals surface area contributed by atoms with Crippen molar-refractivity contribution in [3.8, 4) is 5.75 Å². The predicted molar refractivity (Wildman–Crippen MR) is 114 cm³/mol. The zero-order chi connectivity index (χ0) is 21.4. The minimum absolute atomic E-state index is 0.101. The lowest BCUT2D eigenvalue weighted by atomic mass is 10.0. The number of likely N-dealkylation sites (N-methyl/N-ethyl adjacent to an activating group) is 1. The molecule has 0 aromatic heterocycles. The summed E-state index contributed by atoms with van der Waals surface area (Å²) in [6, 6.07) is 14.2. The molecule has 0 aliphatic heterocycles. The van der Waals surface area contributed by atoms with Crippen LogP contribution in [-0.4, -0.2) is 52.0 Å². The second-order valence-electron chi connectivity index (χ2n) is 6.68. The van der Waals surface area contributed by atoms with Gasteiger partial charge in [-0.3, -0.25) is 9.69 Å². The molecule has 7 nitrogen and oxygen atoms in total. The fraction of sp³-hybridized carbons (Fsp3) is 0.381. The summed E-state index contributed by atoms with van der Waals surface area (Å²) in [6.07, 6.45) is 0.789. The normalized spacial score (nSPS) is 12.6. The highest BCUT2D eigenvalue weighted by molar-refractivity contribution is 7.89. The Labute approximate surface area is 172 Å². The molecule has 0 heterocycles. The van der Waals surface area contributed by atoms with Gasteiger partial charge in [-0.2, -0.15) is 0 Å². The van der Waals surface area contributed by atoms with Crippen LogP contribution in [0.4, 0.5) is 0 Å². The summed E-state index contributed by atoms with van der Waals surface area (Å²) in [4.78, 5) is 15.0. The van der Waals surface area contributed by atoms with Gasteiger partial charge in [0.2, 0.25) is 10.0 Å². The van der Waals surface area contributed by atoms with Crippen molar-refractivity contribution in [2.45, 2.75) is 31.2 Å². The van der Waals surface area contributed by atoms with Crippen LogP contribution in [-0.2, 0) is 16.4 Å². The van der Waals surface area contributed by atoms with E-state index in [2.05, 4.69) is 36.2 Å². The molecular weight excluding hydrogens is 390 g/mol. The van der Waals surface area contributed by atoms with E-state index >= 15 is 0 Å². The maximum absolute atomic E-state index is 12.8. The van der Waals surface area contributed by atoms with Crippen LogP contribution in [0, 0.1) is 0 Å². The van der Waals surface area contributed by atoms with E-state index in [9.17, 15) is 13.2 Å². The van der Waals surface area contributed by atoms with Crippen LogP contribution in [0.1, 0.15) is 29.8 Å². The largest absolute Gasteiger partial charge is 0.496 e. The molecule has 3 N–H and O–H groups in total. The third-order valence-electron chi connectivity index (χ3n) is 4.89. The van der Waals surface area contributed by atoms with Gasteiger partial charge in [-0.1, -0.05) is 44.2 Å². The van der Waals surface area contributed by atoms with Gasteiger partial charge in [-0.15, -0.1) is 0 Å². The van der Waals surface area contributed by atoms with E-state index in [1.165, 1.54) is 30.9 Å². The number of amides is 1. The molecule has 0 radical (unpaired) electrons. The monoisotopic (exact) mass is 419 g/mol. The fourth-order valence-electron chi connectivity index (χ4n) is 3.30. The third kappa shape index (κ3) is 6.28. The molecule has 0 aliphatic carbocycles. The minimum atomic E-state index is -3.92. The van der Waals surface area contributed by atoms with Gasteiger partial charge in [0.25, 0.3) is 5.91 Å². The summed E-state index contributed by atoms with van der Waals surface area (Å²) in [7, 11) is -2.49. The Hall–Kier alpha value is -2.42. The Bertz CT molecular complexity index is 913. The van der Waals surface area contributed by atoms with E-state index < -0.39 is 15.9 Å². The summed E-state index contributed by atoms with van der Waals surface area (Å²) in [5.41, 5.74) is 1.32. The van der Waals surface area contributed by atoms with Gasteiger partial charge in [0.15, 0.2) is 0 Å². The zero-order valence-electron chi connectivity index (χ0n) is 17.1. The topological polar surface area (TPSA) is 102 Å². The lowest BCUT2D eigenvalue weighted by molar-refractivity contribution is 0.0931. The summed E-state index contributed by atoms with van der Waals surface area (Å²) < 4.78 is 28.5. The smallest absolute Gasteiger partial charge is 0.255 e. The molecule has 1 atom stereocenters. The van der Waals surface area contributed by atoms with Crippen molar-refractivity contribution in [1.29, 1.82) is 0 Å². The molecule has 158 valence electrons. The number of primary sulfonamides is 1. The fourth-order valence-corrected chi connectivity index (χ4v) is 3.84. The number of nitrogens with zero attached hydrogens (tertiary/aromatic N) is 1. The third-order valence-corrected chi connectivity index (χ3v) is 5.80. The first-order valence-corrected chi connectivity index (χ1v) is 11.1. The van der Waals surface area contributed by atoms with Crippen LogP contribution in [0.25, 0.3) is 0 Å². The molecule has 8 heteroatoms. The first kappa shape index (κ1) is 22.9. The van der Waals surface area contributed by atoms with Crippen LogP contribution < -0.4 is 15.2 Å². The molecule has 1 amide bonds. The van der Waals surface area contributed by atoms with Crippen molar-refractivity contribution in [3.05, 3.63) is 59.7 Å². The molecule has 0 aliphatic rings. The average molecular weight is 420 g/mol. The second kappa shape index (κ2) is 10.4. The Morgan fingerprint density at radius 2 is 1.79 bits per heavy atom. The van der Waals surface area contributed by atoms with Gasteiger partial charge >= 0.3 is 0 Å². The van der Waals surface area contributed by atoms with Crippen LogP contribution in [0.15, 0.2) is 53.4 Å². The lowest BCUT2D eigenvalue weighted by Gasteiger charge is -2.30. The number of sulfonamides is 1. The number of rotatable bonds is 10. The SMILES string of the molecule is CCN(CC)C(CNC(=O)c1cc(S(N)(=O)=O)ccc1OC)Cc1ccccc1. The van der Waals surface area contributed by atoms with Gasteiger partial charge in [0.1, 0.15) is 5.75 Å². The molecule has 2 aromatic carbocycles. The number of hydrogen-bond donors (Lipinski definition) is 2. The first-order chi connectivity index (χ1) is 13.8. The molecule has 0 saturated carbocycles. The first-order valence-electron chi connectivity index (χ1n) is 9.57. The summed E-state index contributed by atoms with van der Waals surface area (Å²) in [6.45, 7) is 6.30. The Morgan fingerprint density at radius 1 is 1.14 bits per heavy atom. The summed E-state index contributed by atoms with van der Waals surface area (Å²) in [5.74, 6) is -0.116. The van der Waals surface area contributed by atoms with Crippen molar-refractivity contribution >= 4 is 15.9 Å². The van der Waals surface area contributed by atoms with E-state index in [1.54, 1.807) is 0 Å². The van der Waals surface area contributed by atoms with Crippen LogP contribution >= 0.6 is 0 Å². The minimum Gasteiger partial charge on any atom is -0.496 e. The Balaban J connectivity index is 2.21. The van der Waals surface area contributed by atoms with Crippen molar-refractivity contribution in [2.24, 2.45) is 5.14 Å². The van der Waals surface area contributed by atoms with Crippen molar-refractivity contribution in [1.82, 2.24) is 10.2 Å². The molecule has 0 spiro atoms. The lowest BCUT2D eigenvalue weighted by Crippen LogP contribution is -2.45. The van der Waals surface area contributed by atoms with Crippen LogP contribution in [0.2, 0.25) is 0 Å². The van der Waals surface area contributed by atoms with E-state index in [-0.39, 0.29) is 22.3 Å². The van der Waals surface area contributed by atoms with E-state index in [0.717, 1.165) is 19.5 Å². The van der Waals surface area contributed by atoms with Gasteiger partial charge in [0.05, 0.1) is 17.6 Å². The highest BCUT2D eigenvalue weighted by atomic mass is 32.2. The summed E-state index contributed by atoms with van der Waals surface area (Å²) >= 11 is 0. The Kier molecular flexibility index (Phi) is 8.19. The quantitative estimate of drug-likeness (QED) is 0.614. The number of benzene rings is 2.